The molecule has 0 saturated heterocycles. The van der Waals surface area contributed by atoms with Gasteiger partial charge in [0.1, 0.15) is 11.5 Å². The molecule has 0 saturated carbocycles. The standard InChI is InChI=1S/C40H70N4O2S2.ClH.H2O/c1-45-39-25-17-15-23-37(39)35-43-29-21-13-9-5-3-7-11-19-27-41-31-33-47-48-34-32-42-28-20-12-8-4-6-10-14-22-30-44-36-38-24-16-18-26-40(38)46-2;;/h15-18,23-26,41-44H,3-14,19-22,27-36H2,1-2H3;1H;1H2. The molecule has 290 valence electrons. The summed E-state index contributed by atoms with van der Waals surface area (Å²) in [7, 11) is 7.53. The highest BCUT2D eigenvalue weighted by Crippen LogP contribution is 2.20. The van der Waals surface area contributed by atoms with Crippen molar-refractivity contribution in [2.45, 2.75) is 116 Å². The normalized spacial score (nSPS) is 10.8. The third-order valence-corrected chi connectivity index (χ3v) is 11.1. The van der Waals surface area contributed by atoms with Gasteiger partial charge < -0.3 is 36.2 Å². The van der Waals surface area contributed by atoms with E-state index in [0.29, 0.717) is 0 Å². The van der Waals surface area contributed by atoms with Gasteiger partial charge in [0, 0.05) is 48.8 Å². The van der Waals surface area contributed by atoms with Crippen LogP contribution < -0.4 is 30.7 Å². The average molecular weight is 758 g/mol. The quantitative estimate of drug-likeness (QED) is 0.0409. The van der Waals surface area contributed by atoms with Crippen molar-refractivity contribution in [2.24, 2.45) is 0 Å². The van der Waals surface area contributed by atoms with Crippen molar-refractivity contribution in [3.63, 3.8) is 0 Å². The van der Waals surface area contributed by atoms with Gasteiger partial charge in [-0.15, -0.1) is 12.4 Å². The minimum Gasteiger partial charge on any atom is -0.496 e. The van der Waals surface area contributed by atoms with Gasteiger partial charge in [0.25, 0.3) is 0 Å². The van der Waals surface area contributed by atoms with Crippen LogP contribution in [0, 0.1) is 0 Å². The van der Waals surface area contributed by atoms with Gasteiger partial charge in [0.2, 0.25) is 0 Å². The highest BCUT2D eigenvalue weighted by Gasteiger charge is 2.02. The minimum absolute atomic E-state index is 0. The lowest BCUT2D eigenvalue weighted by atomic mass is 10.1. The van der Waals surface area contributed by atoms with Crippen molar-refractivity contribution in [3.05, 3.63) is 59.7 Å². The number of hydrogen-bond acceptors (Lipinski definition) is 8. The first-order valence-electron chi connectivity index (χ1n) is 19.2. The molecule has 0 bridgehead atoms. The zero-order valence-corrected chi connectivity index (χ0v) is 34.0. The summed E-state index contributed by atoms with van der Waals surface area (Å²) >= 11 is 0. The van der Waals surface area contributed by atoms with E-state index in [2.05, 4.69) is 45.5 Å². The summed E-state index contributed by atoms with van der Waals surface area (Å²) in [6, 6.07) is 16.5. The number of unbranched alkanes of at least 4 members (excludes halogenated alkanes) is 14. The molecule has 7 nitrogen and oxygen atoms in total. The summed E-state index contributed by atoms with van der Waals surface area (Å²) in [5, 5.41) is 14.4. The first-order valence-corrected chi connectivity index (χ1v) is 21.6. The molecular formula is C40H73ClN4O3S2. The molecule has 0 radical (unpaired) electrons. The second-order valence-electron chi connectivity index (χ2n) is 12.8. The topological polar surface area (TPSA) is 98.1 Å². The third-order valence-electron chi connectivity index (χ3n) is 8.74. The number of halogens is 1. The second-order valence-corrected chi connectivity index (χ2v) is 15.5. The summed E-state index contributed by atoms with van der Waals surface area (Å²) in [5.41, 5.74) is 2.48. The molecule has 0 fully saturated rings. The van der Waals surface area contributed by atoms with Crippen LogP contribution in [-0.4, -0.2) is 70.5 Å². The first kappa shape index (κ1) is 48.8. The molecule has 0 aromatic heterocycles. The van der Waals surface area contributed by atoms with Crippen LogP contribution in [-0.2, 0) is 13.1 Å². The highest BCUT2D eigenvalue weighted by molar-refractivity contribution is 8.76. The van der Waals surface area contributed by atoms with Gasteiger partial charge in [0.15, 0.2) is 0 Å². The smallest absolute Gasteiger partial charge is 0.123 e. The zero-order chi connectivity index (χ0) is 34.0. The van der Waals surface area contributed by atoms with Gasteiger partial charge >= 0.3 is 0 Å². The Labute approximate surface area is 320 Å². The fraction of sp³-hybridized carbons (Fsp3) is 0.700. The molecule has 0 spiro atoms. The SMILES string of the molecule is COc1ccccc1CNCCCCCCCCCCNCCSSCCNCCCCCCCCCCNCc1ccccc1OC.Cl.O. The maximum Gasteiger partial charge on any atom is 0.123 e. The van der Waals surface area contributed by atoms with E-state index in [1.54, 1.807) is 14.2 Å². The molecule has 0 aliphatic heterocycles. The minimum atomic E-state index is 0. The Morgan fingerprint density at radius 1 is 0.420 bits per heavy atom. The second kappa shape index (κ2) is 37.6. The number of nitrogens with one attached hydrogen (secondary N) is 4. The lowest BCUT2D eigenvalue weighted by Gasteiger charge is -2.09. The van der Waals surface area contributed by atoms with E-state index in [9.17, 15) is 0 Å². The molecule has 6 N–H and O–H groups in total. The zero-order valence-electron chi connectivity index (χ0n) is 31.5. The van der Waals surface area contributed by atoms with Crippen LogP contribution in [0.5, 0.6) is 11.5 Å². The molecule has 0 heterocycles. The van der Waals surface area contributed by atoms with Crippen LogP contribution >= 0.6 is 34.0 Å². The fourth-order valence-corrected chi connectivity index (χ4v) is 7.76. The Morgan fingerprint density at radius 3 is 1.06 bits per heavy atom. The molecule has 0 aliphatic rings. The Bertz CT molecular complexity index is 918. The molecule has 2 aromatic rings. The van der Waals surface area contributed by atoms with Crippen molar-refractivity contribution < 1.29 is 14.9 Å². The van der Waals surface area contributed by atoms with Crippen LogP contribution in [0.1, 0.15) is 114 Å². The van der Waals surface area contributed by atoms with E-state index < -0.39 is 0 Å². The molecule has 50 heavy (non-hydrogen) atoms. The van der Waals surface area contributed by atoms with Crippen LogP contribution in [0.25, 0.3) is 0 Å². The van der Waals surface area contributed by atoms with E-state index in [0.717, 1.165) is 50.8 Å². The number of para-hydroxylation sites is 2. The van der Waals surface area contributed by atoms with Gasteiger partial charge in [-0.1, -0.05) is 135 Å². The monoisotopic (exact) mass is 756 g/mol. The van der Waals surface area contributed by atoms with Crippen LogP contribution in [0.15, 0.2) is 48.5 Å². The maximum atomic E-state index is 5.42. The van der Waals surface area contributed by atoms with E-state index in [1.165, 1.54) is 138 Å². The highest BCUT2D eigenvalue weighted by atomic mass is 35.5. The van der Waals surface area contributed by atoms with Crippen molar-refractivity contribution in [3.8, 4) is 11.5 Å². The Kier molecular flexibility index (Phi) is 36.7. The van der Waals surface area contributed by atoms with Crippen molar-refractivity contribution >= 4 is 34.0 Å². The molecule has 0 aliphatic carbocycles. The van der Waals surface area contributed by atoms with Gasteiger partial charge in [-0.05, 0) is 64.0 Å². The Balaban J connectivity index is 0.0000120. The van der Waals surface area contributed by atoms with Crippen LogP contribution in [0.2, 0.25) is 0 Å². The summed E-state index contributed by atoms with van der Waals surface area (Å²) in [4.78, 5) is 0. The first-order chi connectivity index (χ1) is 23.8. The molecule has 10 heteroatoms. The predicted molar refractivity (Wildman–Crippen MR) is 225 cm³/mol. The van der Waals surface area contributed by atoms with E-state index in [4.69, 9.17) is 9.47 Å². The largest absolute Gasteiger partial charge is 0.496 e. The number of methoxy groups -OCH3 is 2. The van der Waals surface area contributed by atoms with Gasteiger partial charge in [0.05, 0.1) is 14.2 Å². The van der Waals surface area contributed by atoms with Crippen molar-refractivity contribution in [2.75, 3.05) is 65.0 Å². The summed E-state index contributed by atoms with van der Waals surface area (Å²) in [5.74, 6) is 4.37. The summed E-state index contributed by atoms with van der Waals surface area (Å²) < 4.78 is 10.8. The Morgan fingerprint density at radius 2 is 0.720 bits per heavy atom. The van der Waals surface area contributed by atoms with Crippen molar-refractivity contribution in [1.29, 1.82) is 0 Å². The number of rotatable bonds is 35. The number of benzene rings is 2. The summed E-state index contributed by atoms with van der Waals surface area (Å²) in [6.45, 7) is 8.58. The molecule has 2 aromatic carbocycles. The molecular weight excluding hydrogens is 684 g/mol. The van der Waals surface area contributed by atoms with Crippen LogP contribution in [0.3, 0.4) is 0 Å². The summed E-state index contributed by atoms with van der Waals surface area (Å²) in [6.07, 6.45) is 21.6. The molecule has 0 amide bonds. The fourth-order valence-electron chi connectivity index (χ4n) is 5.86. The predicted octanol–water partition coefficient (Wildman–Crippen LogP) is 8.98. The van der Waals surface area contributed by atoms with Crippen molar-refractivity contribution in [1.82, 2.24) is 21.3 Å². The van der Waals surface area contributed by atoms with Crippen LogP contribution in [0.4, 0.5) is 0 Å². The average Bonchev–Trinajstić information content (AvgIpc) is 3.12. The lowest BCUT2D eigenvalue weighted by molar-refractivity contribution is 0.407. The Hall–Kier alpha value is -1.17. The van der Waals surface area contributed by atoms with E-state index >= 15 is 0 Å². The van der Waals surface area contributed by atoms with Gasteiger partial charge in [-0.3, -0.25) is 0 Å². The lowest BCUT2D eigenvalue weighted by Crippen LogP contribution is -2.19. The maximum absolute atomic E-state index is 5.42. The van der Waals surface area contributed by atoms with Gasteiger partial charge in [-0.2, -0.15) is 0 Å². The number of ether oxygens (including phenoxy) is 2. The molecule has 2 rings (SSSR count). The third kappa shape index (κ3) is 27.5. The molecule has 0 atom stereocenters. The van der Waals surface area contributed by atoms with E-state index in [1.807, 2.05) is 45.9 Å². The molecule has 0 unspecified atom stereocenters. The van der Waals surface area contributed by atoms with E-state index in [-0.39, 0.29) is 17.9 Å². The van der Waals surface area contributed by atoms with Gasteiger partial charge in [-0.25, -0.2) is 0 Å². The number of hydrogen-bond donors (Lipinski definition) is 4.